The number of rotatable bonds is 7. The highest BCUT2D eigenvalue weighted by molar-refractivity contribution is 6.32. The maximum absolute atomic E-state index is 13.7. The second kappa shape index (κ2) is 11.3. The summed E-state index contributed by atoms with van der Waals surface area (Å²) in [6.07, 6.45) is 4.72. The van der Waals surface area contributed by atoms with Crippen molar-refractivity contribution in [1.29, 1.82) is 0 Å². The molecule has 1 aromatic carbocycles. The quantitative estimate of drug-likeness (QED) is 0.278. The summed E-state index contributed by atoms with van der Waals surface area (Å²) in [6.45, 7) is 1.93. The number of pyridine rings is 1. The molecule has 0 saturated heterocycles. The second-order valence-corrected chi connectivity index (χ2v) is 9.87. The van der Waals surface area contributed by atoms with E-state index in [4.69, 9.17) is 23.2 Å². The standard InChI is InChI=1S/C25H23Cl2N9O4/c1-13-8-15(26)9-17(23(37)31-32-25(39)40-2)21(13)29-24(38)20-10-16(11-35-12-19(30-34-35)14-5-6-14)33-36(20)22-18(27)4-3-7-28-22/h3-4,7-10,12,14H,5-6,11H2,1-2H3,(H,29,38)(H,31,37)(H,32,39). The molecule has 40 heavy (non-hydrogen) atoms. The van der Waals surface area contributed by atoms with Crippen LogP contribution in [-0.2, 0) is 11.3 Å². The fraction of sp³-hybridized carbons (Fsp3) is 0.240. The fourth-order valence-electron chi connectivity index (χ4n) is 3.98. The molecule has 206 valence electrons. The molecule has 15 heteroatoms. The van der Waals surface area contributed by atoms with E-state index in [0.29, 0.717) is 17.2 Å². The number of nitrogens with zero attached hydrogens (tertiary/aromatic N) is 6. The van der Waals surface area contributed by atoms with Crippen LogP contribution in [0.3, 0.4) is 0 Å². The number of ether oxygens (including phenoxy) is 1. The predicted octanol–water partition coefficient (Wildman–Crippen LogP) is 3.65. The van der Waals surface area contributed by atoms with E-state index >= 15 is 0 Å². The molecule has 3 aromatic heterocycles. The van der Waals surface area contributed by atoms with Crippen molar-refractivity contribution in [3.05, 3.63) is 81.0 Å². The van der Waals surface area contributed by atoms with Gasteiger partial charge in [0.1, 0.15) is 5.69 Å². The van der Waals surface area contributed by atoms with Gasteiger partial charge in [0.05, 0.1) is 41.3 Å². The van der Waals surface area contributed by atoms with Crippen LogP contribution < -0.4 is 16.2 Å². The third-order valence-electron chi connectivity index (χ3n) is 6.06. The molecule has 3 amide bonds. The Balaban J connectivity index is 1.48. The van der Waals surface area contributed by atoms with Gasteiger partial charge in [0.25, 0.3) is 11.8 Å². The normalized spacial score (nSPS) is 12.6. The van der Waals surface area contributed by atoms with Crippen molar-refractivity contribution in [3.8, 4) is 5.82 Å². The number of hydrogen-bond acceptors (Lipinski definition) is 8. The lowest BCUT2D eigenvalue weighted by atomic mass is 10.1. The van der Waals surface area contributed by atoms with E-state index in [1.807, 2.05) is 6.20 Å². The van der Waals surface area contributed by atoms with Gasteiger partial charge in [-0.05, 0) is 55.7 Å². The van der Waals surface area contributed by atoms with E-state index in [1.54, 1.807) is 35.9 Å². The maximum Gasteiger partial charge on any atom is 0.425 e. The predicted molar refractivity (Wildman–Crippen MR) is 145 cm³/mol. The minimum absolute atomic E-state index is 0.00660. The molecule has 0 atom stereocenters. The number of benzene rings is 1. The van der Waals surface area contributed by atoms with Gasteiger partial charge in [0, 0.05) is 23.3 Å². The third-order valence-corrected chi connectivity index (χ3v) is 6.57. The Morgan fingerprint density at radius 2 is 1.93 bits per heavy atom. The van der Waals surface area contributed by atoms with E-state index in [0.717, 1.165) is 25.6 Å². The van der Waals surface area contributed by atoms with Gasteiger partial charge >= 0.3 is 6.09 Å². The summed E-state index contributed by atoms with van der Waals surface area (Å²) in [4.78, 5) is 42.2. The largest absolute Gasteiger partial charge is 0.452 e. The van der Waals surface area contributed by atoms with Gasteiger partial charge in [-0.15, -0.1) is 5.10 Å². The van der Waals surface area contributed by atoms with Crippen molar-refractivity contribution in [1.82, 2.24) is 40.6 Å². The molecule has 4 aromatic rings. The highest BCUT2D eigenvalue weighted by Crippen LogP contribution is 2.38. The van der Waals surface area contributed by atoms with Crippen LogP contribution in [-0.4, -0.2) is 54.8 Å². The monoisotopic (exact) mass is 583 g/mol. The van der Waals surface area contributed by atoms with Crippen molar-refractivity contribution in [2.45, 2.75) is 32.2 Å². The summed E-state index contributed by atoms with van der Waals surface area (Å²) < 4.78 is 7.45. The molecule has 1 fully saturated rings. The molecule has 1 aliphatic rings. The van der Waals surface area contributed by atoms with Crippen LogP contribution in [0.4, 0.5) is 10.5 Å². The van der Waals surface area contributed by atoms with Crippen LogP contribution in [0.5, 0.6) is 0 Å². The van der Waals surface area contributed by atoms with E-state index in [2.05, 4.69) is 41.3 Å². The molecule has 13 nitrogen and oxygen atoms in total. The molecule has 3 heterocycles. The number of aromatic nitrogens is 6. The van der Waals surface area contributed by atoms with Crippen LogP contribution in [0.2, 0.25) is 10.0 Å². The molecule has 0 unspecified atom stereocenters. The summed E-state index contributed by atoms with van der Waals surface area (Å²) >= 11 is 12.6. The average molecular weight is 584 g/mol. The molecule has 1 saturated carbocycles. The molecule has 0 spiro atoms. The number of carbonyl (C=O) groups excluding carboxylic acids is 3. The number of nitrogens with one attached hydrogen (secondary N) is 3. The lowest BCUT2D eigenvalue weighted by Crippen LogP contribution is -2.41. The lowest BCUT2D eigenvalue weighted by Gasteiger charge is -2.15. The first kappa shape index (κ1) is 27.1. The molecular formula is C25H23Cl2N9O4. The van der Waals surface area contributed by atoms with Crippen molar-refractivity contribution < 1.29 is 19.1 Å². The zero-order valence-electron chi connectivity index (χ0n) is 21.3. The first-order chi connectivity index (χ1) is 19.2. The van der Waals surface area contributed by atoms with E-state index < -0.39 is 17.9 Å². The molecular weight excluding hydrogens is 561 g/mol. The maximum atomic E-state index is 13.7. The highest BCUT2D eigenvalue weighted by atomic mass is 35.5. The molecule has 1 aliphatic carbocycles. The van der Waals surface area contributed by atoms with Crippen LogP contribution >= 0.6 is 23.2 Å². The number of methoxy groups -OCH3 is 1. The van der Waals surface area contributed by atoms with Crippen molar-refractivity contribution in [2.24, 2.45) is 0 Å². The summed E-state index contributed by atoms with van der Waals surface area (Å²) in [5.74, 6) is -0.647. The number of carbonyl (C=O) groups is 3. The Morgan fingerprint density at radius 1 is 1.12 bits per heavy atom. The van der Waals surface area contributed by atoms with Gasteiger partial charge in [0.2, 0.25) is 0 Å². The fourth-order valence-corrected chi connectivity index (χ4v) is 4.45. The lowest BCUT2D eigenvalue weighted by molar-refractivity contribution is 0.0921. The Morgan fingerprint density at radius 3 is 2.65 bits per heavy atom. The first-order valence-corrected chi connectivity index (χ1v) is 12.8. The molecule has 3 N–H and O–H groups in total. The Bertz CT molecular complexity index is 1610. The summed E-state index contributed by atoms with van der Waals surface area (Å²) in [5, 5.41) is 16.3. The Kier molecular flexibility index (Phi) is 7.67. The van der Waals surface area contributed by atoms with Gasteiger partial charge in [-0.3, -0.25) is 15.0 Å². The average Bonchev–Trinajstić information content (AvgIpc) is 3.54. The van der Waals surface area contributed by atoms with E-state index in [1.165, 1.54) is 16.9 Å². The molecule has 0 aliphatic heterocycles. The summed E-state index contributed by atoms with van der Waals surface area (Å²) in [7, 11) is 1.15. The Hall–Kier alpha value is -4.49. The number of amides is 3. The molecule has 0 radical (unpaired) electrons. The number of hydrazine groups is 1. The number of anilines is 1. The van der Waals surface area contributed by atoms with Crippen molar-refractivity contribution in [3.63, 3.8) is 0 Å². The van der Waals surface area contributed by atoms with Crippen LogP contribution in [0, 0.1) is 6.92 Å². The second-order valence-electron chi connectivity index (χ2n) is 9.03. The molecule has 5 rings (SSSR count). The topological polar surface area (TPSA) is 158 Å². The third kappa shape index (κ3) is 5.90. The molecule has 0 bridgehead atoms. The SMILES string of the molecule is COC(=O)NNC(=O)c1cc(Cl)cc(C)c1NC(=O)c1cc(Cn2cc(C3CC3)nn2)nn1-c1ncccc1Cl. The summed E-state index contributed by atoms with van der Waals surface area (Å²) in [5.41, 5.74) is 6.52. The zero-order valence-corrected chi connectivity index (χ0v) is 22.8. The summed E-state index contributed by atoms with van der Waals surface area (Å²) in [6, 6.07) is 7.82. The van der Waals surface area contributed by atoms with Crippen LogP contribution in [0.15, 0.2) is 42.7 Å². The number of aryl methyl sites for hydroxylation is 1. The minimum atomic E-state index is -0.877. The van der Waals surface area contributed by atoms with Crippen LogP contribution in [0.1, 0.15) is 56.6 Å². The van der Waals surface area contributed by atoms with Gasteiger partial charge in [-0.25, -0.2) is 24.6 Å². The van der Waals surface area contributed by atoms with Gasteiger partial charge in [-0.2, -0.15) is 5.10 Å². The first-order valence-electron chi connectivity index (χ1n) is 12.1. The van der Waals surface area contributed by atoms with Gasteiger partial charge in [0.15, 0.2) is 5.82 Å². The Labute approximate surface area is 237 Å². The van der Waals surface area contributed by atoms with Crippen molar-refractivity contribution in [2.75, 3.05) is 12.4 Å². The smallest absolute Gasteiger partial charge is 0.425 e. The van der Waals surface area contributed by atoms with Crippen molar-refractivity contribution >= 4 is 46.8 Å². The zero-order chi connectivity index (χ0) is 28.4. The van der Waals surface area contributed by atoms with Gasteiger partial charge < -0.3 is 10.1 Å². The highest BCUT2D eigenvalue weighted by Gasteiger charge is 2.27. The number of hydrogen-bond donors (Lipinski definition) is 3. The number of halogens is 2. The minimum Gasteiger partial charge on any atom is -0.452 e. The van der Waals surface area contributed by atoms with Gasteiger partial charge in [-0.1, -0.05) is 28.4 Å². The van der Waals surface area contributed by atoms with E-state index in [-0.39, 0.29) is 39.4 Å². The van der Waals surface area contributed by atoms with Crippen LogP contribution in [0.25, 0.3) is 5.82 Å². The van der Waals surface area contributed by atoms with E-state index in [9.17, 15) is 14.4 Å².